The van der Waals surface area contributed by atoms with Gasteiger partial charge in [0.1, 0.15) is 5.75 Å². The fourth-order valence-corrected chi connectivity index (χ4v) is 3.22. The first-order valence-electron chi connectivity index (χ1n) is 7.25. The van der Waals surface area contributed by atoms with Crippen molar-refractivity contribution in [3.63, 3.8) is 0 Å². The number of hydrogen-bond donors (Lipinski definition) is 1. The van der Waals surface area contributed by atoms with E-state index in [-0.39, 0.29) is 5.75 Å². The summed E-state index contributed by atoms with van der Waals surface area (Å²) < 4.78 is 13.3. The van der Waals surface area contributed by atoms with E-state index in [0.717, 1.165) is 28.7 Å². The fraction of sp³-hybridized carbons (Fsp3) is 0.105. The zero-order chi connectivity index (χ0) is 15.1. The molecule has 3 aromatic rings. The van der Waals surface area contributed by atoms with Crippen LogP contribution in [0.3, 0.4) is 0 Å². The largest absolute Gasteiger partial charge is 0.508 e. The van der Waals surface area contributed by atoms with Gasteiger partial charge in [-0.1, -0.05) is 30.3 Å². The van der Waals surface area contributed by atoms with E-state index in [0.29, 0.717) is 6.42 Å². The summed E-state index contributed by atoms with van der Waals surface area (Å²) in [6, 6.07) is 15.2. The highest BCUT2D eigenvalue weighted by Crippen LogP contribution is 2.41. The number of phenols is 1. The summed E-state index contributed by atoms with van der Waals surface area (Å²) in [6.45, 7) is 0. The molecule has 0 saturated carbocycles. The van der Waals surface area contributed by atoms with Crippen molar-refractivity contribution < 1.29 is 9.50 Å². The molecule has 1 aliphatic rings. The predicted octanol–water partition coefficient (Wildman–Crippen LogP) is 4.09. The van der Waals surface area contributed by atoms with Crippen molar-refractivity contribution >= 4 is 0 Å². The summed E-state index contributed by atoms with van der Waals surface area (Å²) in [5.74, 6) is -0.225. The third kappa shape index (κ3) is 2.06. The van der Waals surface area contributed by atoms with Crippen molar-refractivity contribution in [3.8, 4) is 16.9 Å². The lowest BCUT2D eigenvalue weighted by Gasteiger charge is -2.11. The van der Waals surface area contributed by atoms with E-state index in [9.17, 15) is 9.50 Å². The summed E-state index contributed by atoms with van der Waals surface area (Å²) in [6.07, 6.45) is 2.77. The normalized spacial score (nSPS) is 12.0. The molecule has 2 nitrogen and oxygen atoms in total. The first-order chi connectivity index (χ1) is 10.7. The maximum Gasteiger partial charge on any atom is 0.213 e. The van der Waals surface area contributed by atoms with Crippen LogP contribution in [-0.4, -0.2) is 10.1 Å². The highest BCUT2D eigenvalue weighted by atomic mass is 19.1. The van der Waals surface area contributed by atoms with Crippen LogP contribution in [0, 0.1) is 5.95 Å². The lowest BCUT2D eigenvalue weighted by molar-refractivity contribution is 0.468. The predicted molar refractivity (Wildman–Crippen MR) is 83.3 cm³/mol. The summed E-state index contributed by atoms with van der Waals surface area (Å²) >= 11 is 0. The fourth-order valence-electron chi connectivity index (χ4n) is 3.22. The van der Waals surface area contributed by atoms with Crippen molar-refractivity contribution in [2.75, 3.05) is 0 Å². The number of aromatic nitrogens is 1. The average Bonchev–Trinajstić information content (AvgIpc) is 2.89. The quantitative estimate of drug-likeness (QED) is 0.564. The van der Waals surface area contributed by atoms with Gasteiger partial charge in [-0.25, -0.2) is 4.98 Å². The zero-order valence-electron chi connectivity index (χ0n) is 11.9. The Balaban J connectivity index is 1.82. The number of phenolic OH excluding ortho intramolecular Hbond substituents is 1. The maximum atomic E-state index is 13.3. The summed E-state index contributed by atoms with van der Waals surface area (Å²) in [7, 11) is 0. The van der Waals surface area contributed by atoms with Crippen molar-refractivity contribution in [2.24, 2.45) is 0 Å². The van der Waals surface area contributed by atoms with E-state index >= 15 is 0 Å². The van der Waals surface area contributed by atoms with Crippen LogP contribution in [0.4, 0.5) is 4.39 Å². The van der Waals surface area contributed by atoms with Gasteiger partial charge in [0.05, 0.1) is 0 Å². The molecule has 3 heteroatoms. The van der Waals surface area contributed by atoms with Gasteiger partial charge in [0.15, 0.2) is 0 Å². The molecule has 0 fully saturated rings. The second kappa shape index (κ2) is 4.95. The number of nitrogens with zero attached hydrogens (tertiary/aromatic N) is 1. The average molecular weight is 291 g/mol. The molecule has 1 aromatic heterocycles. The minimum Gasteiger partial charge on any atom is -0.508 e. The highest BCUT2D eigenvalue weighted by Gasteiger charge is 2.22. The molecular weight excluding hydrogens is 277 g/mol. The Hall–Kier alpha value is -2.68. The van der Waals surface area contributed by atoms with Crippen LogP contribution in [0.25, 0.3) is 11.1 Å². The van der Waals surface area contributed by atoms with E-state index < -0.39 is 5.95 Å². The van der Waals surface area contributed by atoms with Crippen LogP contribution in [0.15, 0.2) is 54.7 Å². The molecular formula is C19H14FNO. The van der Waals surface area contributed by atoms with Crippen molar-refractivity contribution in [2.45, 2.75) is 12.8 Å². The first kappa shape index (κ1) is 13.0. The minimum atomic E-state index is -0.493. The molecule has 108 valence electrons. The van der Waals surface area contributed by atoms with Gasteiger partial charge < -0.3 is 5.11 Å². The van der Waals surface area contributed by atoms with Crippen LogP contribution in [0.1, 0.15) is 22.3 Å². The Morgan fingerprint density at radius 1 is 1.05 bits per heavy atom. The van der Waals surface area contributed by atoms with Gasteiger partial charge in [-0.2, -0.15) is 4.39 Å². The Labute approximate surface area is 127 Å². The molecule has 1 N–H and O–H groups in total. The monoisotopic (exact) mass is 291 g/mol. The maximum absolute atomic E-state index is 13.3. The van der Waals surface area contributed by atoms with Gasteiger partial charge in [0.2, 0.25) is 5.95 Å². The van der Waals surface area contributed by atoms with Crippen LogP contribution in [0.2, 0.25) is 0 Å². The van der Waals surface area contributed by atoms with Gasteiger partial charge in [-0.15, -0.1) is 0 Å². The van der Waals surface area contributed by atoms with Crippen LogP contribution < -0.4 is 0 Å². The standard InChI is InChI=1S/C19H14FNO/c20-19-10-12(7-8-21-19)9-17-16-11-13-3-1-2-4-14(13)15(16)5-6-18(17)22/h1-8,10,22H,9,11H2. The lowest BCUT2D eigenvalue weighted by Crippen LogP contribution is -1.97. The number of aromatic hydroxyl groups is 1. The second-order valence-electron chi connectivity index (χ2n) is 5.59. The van der Waals surface area contributed by atoms with E-state index in [4.69, 9.17) is 0 Å². The molecule has 0 atom stereocenters. The zero-order valence-corrected chi connectivity index (χ0v) is 11.9. The van der Waals surface area contributed by atoms with E-state index in [1.807, 2.05) is 18.2 Å². The molecule has 1 heterocycles. The number of fused-ring (bicyclic) bond motifs is 3. The molecule has 2 aromatic carbocycles. The number of pyridine rings is 1. The number of halogens is 1. The van der Waals surface area contributed by atoms with Crippen molar-refractivity contribution in [1.29, 1.82) is 0 Å². The number of rotatable bonds is 2. The SMILES string of the molecule is Oc1ccc2c(c1Cc1ccnc(F)c1)Cc1ccccc1-2. The first-order valence-corrected chi connectivity index (χ1v) is 7.25. The summed E-state index contributed by atoms with van der Waals surface area (Å²) in [5.41, 5.74) is 6.48. The summed E-state index contributed by atoms with van der Waals surface area (Å²) in [5, 5.41) is 10.3. The van der Waals surface area contributed by atoms with Gasteiger partial charge in [0.25, 0.3) is 0 Å². The Morgan fingerprint density at radius 2 is 1.91 bits per heavy atom. The molecule has 0 saturated heterocycles. The topological polar surface area (TPSA) is 33.1 Å². The van der Waals surface area contributed by atoms with Crippen molar-refractivity contribution in [3.05, 3.63) is 82.9 Å². The Kier molecular flexibility index (Phi) is 2.93. The third-order valence-corrected chi connectivity index (χ3v) is 4.25. The molecule has 22 heavy (non-hydrogen) atoms. The molecule has 4 rings (SSSR count). The van der Waals surface area contributed by atoms with Gasteiger partial charge in [-0.3, -0.25) is 0 Å². The van der Waals surface area contributed by atoms with Gasteiger partial charge >= 0.3 is 0 Å². The second-order valence-corrected chi connectivity index (χ2v) is 5.59. The Bertz CT molecular complexity index is 873. The molecule has 0 bridgehead atoms. The van der Waals surface area contributed by atoms with Crippen LogP contribution >= 0.6 is 0 Å². The minimum absolute atomic E-state index is 0.267. The highest BCUT2D eigenvalue weighted by molar-refractivity contribution is 5.79. The molecule has 0 amide bonds. The third-order valence-electron chi connectivity index (χ3n) is 4.25. The molecule has 0 aliphatic heterocycles. The van der Waals surface area contributed by atoms with Gasteiger partial charge in [0, 0.05) is 18.2 Å². The molecule has 1 aliphatic carbocycles. The number of benzene rings is 2. The Morgan fingerprint density at radius 3 is 2.77 bits per heavy atom. The molecule has 0 spiro atoms. The van der Waals surface area contributed by atoms with E-state index in [1.54, 1.807) is 12.1 Å². The number of hydrogen-bond acceptors (Lipinski definition) is 2. The smallest absolute Gasteiger partial charge is 0.213 e. The van der Waals surface area contributed by atoms with Crippen LogP contribution in [0.5, 0.6) is 5.75 Å². The molecule has 0 radical (unpaired) electrons. The van der Waals surface area contributed by atoms with Gasteiger partial charge in [-0.05, 0) is 52.4 Å². The molecule has 0 unspecified atom stereocenters. The van der Waals surface area contributed by atoms with E-state index in [1.165, 1.54) is 23.4 Å². The summed E-state index contributed by atoms with van der Waals surface area (Å²) in [4.78, 5) is 3.58. The van der Waals surface area contributed by atoms with Crippen molar-refractivity contribution in [1.82, 2.24) is 4.98 Å². The lowest BCUT2D eigenvalue weighted by atomic mass is 9.95. The van der Waals surface area contributed by atoms with Crippen LogP contribution in [-0.2, 0) is 12.8 Å². The van der Waals surface area contributed by atoms with E-state index in [2.05, 4.69) is 17.1 Å².